The van der Waals surface area contributed by atoms with Crippen LogP contribution >= 0.6 is 0 Å². The number of rotatable bonds is 20. The Hall–Kier alpha value is -0.120. The maximum atomic E-state index is 9.72. The predicted molar refractivity (Wildman–Crippen MR) is 176 cm³/mol. The smallest absolute Gasteiger partial charge is 0.104 e. The second-order valence-electron chi connectivity index (χ2n) is 18.4. The molecule has 0 radical (unpaired) electrons. The van der Waals surface area contributed by atoms with Crippen molar-refractivity contribution in [2.24, 2.45) is 94.7 Å². The number of aliphatic hydroxyl groups is 1. The zero-order chi connectivity index (χ0) is 29.2. The average molecular weight is 607 g/mol. The molecule has 0 bridgehead atoms. The minimum absolute atomic E-state index is 0.0832. The lowest BCUT2D eigenvalue weighted by molar-refractivity contribution is -0.375. The number of fused-ring (bicyclic) bond motifs is 17. The number of unbranched alkanes of at least 4 members (excludes halogenated alkanes) is 8. The summed E-state index contributed by atoms with van der Waals surface area (Å²) in [4.78, 5) is 0. The van der Waals surface area contributed by atoms with E-state index in [0.717, 1.165) is 43.8 Å². The summed E-state index contributed by atoms with van der Waals surface area (Å²) in [5, 5.41) is 9.72. The van der Waals surface area contributed by atoms with E-state index >= 15 is 0 Å². The summed E-state index contributed by atoms with van der Waals surface area (Å²) < 4.78 is 11.9. The molecule has 0 spiro atoms. The van der Waals surface area contributed by atoms with Gasteiger partial charge in [0.2, 0.25) is 0 Å². The Labute approximate surface area is 269 Å². The highest BCUT2D eigenvalue weighted by Gasteiger charge is 2.79. The van der Waals surface area contributed by atoms with Crippen molar-refractivity contribution in [1.82, 2.24) is 0 Å². The number of ether oxygens (including phenoxy) is 2. The van der Waals surface area contributed by atoms with Gasteiger partial charge in [0, 0.05) is 13.2 Å². The van der Waals surface area contributed by atoms with Gasteiger partial charge in [0.05, 0.1) is 13.2 Å². The molecule has 17 atom stereocenters. The third-order valence-electron chi connectivity index (χ3n) is 17.1. The molecule has 9 aliphatic carbocycles. The van der Waals surface area contributed by atoms with Gasteiger partial charge in [-0.3, -0.25) is 0 Å². The van der Waals surface area contributed by atoms with Crippen molar-refractivity contribution in [2.75, 3.05) is 26.4 Å². The fraction of sp³-hybridized carbons (Fsp3) is 1.00. The molecular formula is C41H66O3. The standard InChI is InChI=1S/C41H66O3/c42-23-27(24-43-19-9-6-4-8-12-26-22-34-35(26)41-39-31-18-17-30(31)38(39)40(34)41)44-20-10-5-2-1-3-7-11-25-13-14-32-33(21-25)37-29-16-15-28(29)36(32)37/h25-42H,1-24H2. The van der Waals surface area contributed by atoms with Crippen molar-refractivity contribution in [2.45, 2.75) is 135 Å². The molecule has 9 fully saturated rings. The van der Waals surface area contributed by atoms with E-state index in [-0.39, 0.29) is 12.7 Å². The summed E-state index contributed by atoms with van der Waals surface area (Å²) >= 11 is 0. The van der Waals surface area contributed by atoms with Crippen molar-refractivity contribution in [3.8, 4) is 0 Å². The van der Waals surface area contributed by atoms with E-state index in [1.807, 2.05) is 0 Å². The van der Waals surface area contributed by atoms with Crippen LogP contribution in [0.5, 0.6) is 0 Å². The van der Waals surface area contributed by atoms with Gasteiger partial charge < -0.3 is 14.6 Å². The largest absolute Gasteiger partial charge is 0.394 e. The van der Waals surface area contributed by atoms with Gasteiger partial charge in [-0.15, -0.1) is 0 Å². The van der Waals surface area contributed by atoms with Crippen molar-refractivity contribution in [3.63, 3.8) is 0 Å². The molecular weight excluding hydrogens is 540 g/mol. The van der Waals surface area contributed by atoms with Gasteiger partial charge in [0.25, 0.3) is 0 Å². The second-order valence-corrected chi connectivity index (χ2v) is 18.4. The Kier molecular flexibility index (Phi) is 8.67. The molecule has 0 aromatic heterocycles. The maximum Gasteiger partial charge on any atom is 0.104 e. The molecule has 0 aliphatic heterocycles. The Bertz CT molecular complexity index is 969. The minimum atomic E-state index is -0.138. The number of aliphatic hydroxyl groups excluding tert-OH is 1. The number of hydrogen-bond donors (Lipinski definition) is 1. The van der Waals surface area contributed by atoms with Crippen LogP contribution in [0.4, 0.5) is 0 Å². The zero-order valence-electron chi connectivity index (χ0n) is 28.0. The van der Waals surface area contributed by atoms with Gasteiger partial charge in [-0.1, -0.05) is 70.6 Å². The first-order valence-corrected chi connectivity index (χ1v) is 20.6. The molecule has 0 aromatic carbocycles. The lowest BCUT2D eigenvalue weighted by atomic mass is 9.20. The van der Waals surface area contributed by atoms with E-state index in [2.05, 4.69) is 0 Å². The van der Waals surface area contributed by atoms with E-state index in [0.29, 0.717) is 6.61 Å². The van der Waals surface area contributed by atoms with Gasteiger partial charge in [-0.05, 0) is 152 Å². The molecule has 3 nitrogen and oxygen atoms in total. The summed E-state index contributed by atoms with van der Waals surface area (Å²) in [5.41, 5.74) is 0. The highest BCUT2D eigenvalue weighted by atomic mass is 16.5. The fourth-order valence-electron chi connectivity index (χ4n) is 14.8. The van der Waals surface area contributed by atoms with Crippen LogP contribution in [0.1, 0.15) is 128 Å². The maximum absolute atomic E-state index is 9.72. The van der Waals surface area contributed by atoms with Crippen molar-refractivity contribution < 1.29 is 14.6 Å². The molecule has 0 heterocycles. The normalized spacial score (nSPS) is 49.8. The van der Waals surface area contributed by atoms with E-state index in [1.165, 1.54) is 141 Å². The van der Waals surface area contributed by atoms with Crippen molar-refractivity contribution in [1.29, 1.82) is 0 Å². The molecule has 9 rings (SSSR count). The van der Waals surface area contributed by atoms with Crippen molar-refractivity contribution in [3.05, 3.63) is 0 Å². The molecule has 3 heteroatoms. The quantitative estimate of drug-likeness (QED) is 0.111. The second kappa shape index (κ2) is 12.7. The Morgan fingerprint density at radius 2 is 1.05 bits per heavy atom. The van der Waals surface area contributed by atoms with Crippen LogP contribution in [-0.2, 0) is 9.47 Å². The molecule has 248 valence electrons. The van der Waals surface area contributed by atoms with E-state index in [9.17, 15) is 5.11 Å². The van der Waals surface area contributed by atoms with Crippen LogP contribution in [0.25, 0.3) is 0 Å². The van der Waals surface area contributed by atoms with Crippen LogP contribution in [0.3, 0.4) is 0 Å². The van der Waals surface area contributed by atoms with Crippen LogP contribution in [0.2, 0.25) is 0 Å². The molecule has 0 amide bonds. The molecule has 17 unspecified atom stereocenters. The zero-order valence-corrected chi connectivity index (χ0v) is 28.0. The minimum Gasteiger partial charge on any atom is -0.394 e. The highest BCUT2D eigenvalue weighted by molar-refractivity contribution is 5.27. The summed E-state index contributed by atoms with van der Waals surface area (Å²) in [7, 11) is 0. The molecule has 0 aromatic rings. The lowest BCUT2D eigenvalue weighted by Crippen LogP contribution is -2.80. The Balaban J connectivity index is 0.538. The summed E-state index contributed by atoms with van der Waals surface area (Å²) in [6.45, 7) is 2.24. The van der Waals surface area contributed by atoms with E-state index < -0.39 is 0 Å². The van der Waals surface area contributed by atoms with Crippen LogP contribution in [-0.4, -0.2) is 37.6 Å². The highest BCUT2D eigenvalue weighted by Crippen LogP contribution is 2.84. The van der Waals surface area contributed by atoms with Gasteiger partial charge in [-0.2, -0.15) is 0 Å². The third-order valence-corrected chi connectivity index (χ3v) is 17.1. The summed E-state index contributed by atoms with van der Waals surface area (Å²) in [6, 6.07) is 0. The molecule has 9 saturated carbocycles. The van der Waals surface area contributed by atoms with Gasteiger partial charge in [-0.25, -0.2) is 0 Å². The van der Waals surface area contributed by atoms with Crippen LogP contribution < -0.4 is 0 Å². The van der Waals surface area contributed by atoms with E-state index in [1.54, 1.807) is 51.4 Å². The van der Waals surface area contributed by atoms with Crippen LogP contribution in [0, 0.1) is 94.7 Å². The molecule has 0 saturated heterocycles. The lowest BCUT2D eigenvalue weighted by Gasteiger charge is -2.85. The van der Waals surface area contributed by atoms with Gasteiger partial charge in [0.1, 0.15) is 6.10 Å². The Morgan fingerprint density at radius 3 is 1.80 bits per heavy atom. The van der Waals surface area contributed by atoms with Gasteiger partial charge >= 0.3 is 0 Å². The number of hydrogen-bond acceptors (Lipinski definition) is 3. The van der Waals surface area contributed by atoms with E-state index in [4.69, 9.17) is 9.47 Å². The van der Waals surface area contributed by atoms with Crippen molar-refractivity contribution >= 4 is 0 Å². The first-order chi connectivity index (χ1) is 21.8. The first-order valence-electron chi connectivity index (χ1n) is 20.6. The summed E-state index contributed by atoms with van der Waals surface area (Å²) in [5.74, 6) is 19.0. The molecule has 9 aliphatic rings. The Morgan fingerprint density at radius 1 is 0.477 bits per heavy atom. The third kappa shape index (κ3) is 4.87. The average Bonchev–Trinajstić information content (AvgIpc) is 3.00. The predicted octanol–water partition coefficient (Wildman–Crippen LogP) is 9.16. The van der Waals surface area contributed by atoms with Crippen LogP contribution in [0.15, 0.2) is 0 Å². The topological polar surface area (TPSA) is 38.7 Å². The first kappa shape index (κ1) is 30.0. The molecule has 44 heavy (non-hydrogen) atoms. The fourth-order valence-corrected chi connectivity index (χ4v) is 14.8. The monoisotopic (exact) mass is 607 g/mol. The summed E-state index contributed by atoms with van der Waals surface area (Å²) in [6.07, 6.45) is 28.9. The SMILES string of the molecule is OCC(COCCCCCCC1CC2C1C1C3C4CCC4C3C21)OCCCCCCCCC1CCC2C(C1)C1C3CCC3C21. The molecule has 1 N–H and O–H groups in total. The van der Waals surface area contributed by atoms with Gasteiger partial charge in [0.15, 0.2) is 0 Å².